The average Bonchev–Trinajstić information content (AvgIpc) is 2.70. The number of rotatable bonds is 6. The van der Waals surface area contributed by atoms with Crippen molar-refractivity contribution in [3.63, 3.8) is 0 Å². The molecule has 0 aliphatic rings. The van der Waals surface area contributed by atoms with Crippen LogP contribution in [0.3, 0.4) is 0 Å². The Morgan fingerprint density at radius 2 is 1.81 bits per heavy atom. The summed E-state index contributed by atoms with van der Waals surface area (Å²) in [4.78, 5) is 34.7. The predicted octanol–water partition coefficient (Wildman–Crippen LogP) is 1.98. The molecule has 7 nitrogen and oxygen atoms in total. The van der Waals surface area contributed by atoms with Gasteiger partial charge in [0, 0.05) is 24.5 Å². The average molecular weight is 368 g/mol. The van der Waals surface area contributed by atoms with Gasteiger partial charge in [-0.1, -0.05) is 24.3 Å². The molecule has 3 rings (SSSR count). The van der Waals surface area contributed by atoms with Crippen LogP contribution >= 0.6 is 0 Å². The lowest BCUT2D eigenvalue weighted by Gasteiger charge is -2.08. The molecule has 0 unspecified atom stereocenters. The van der Waals surface area contributed by atoms with Gasteiger partial charge in [-0.25, -0.2) is 9.37 Å². The number of halogens is 1. The topological polar surface area (TPSA) is 108 Å². The van der Waals surface area contributed by atoms with Gasteiger partial charge < -0.3 is 15.4 Å². The monoisotopic (exact) mass is 368 g/mol. The highest BCUT2D eigenvalue weighted by atomic mass is 19.1. The first-order chi connectivity index (χ1) is 13.1. The van der Waals surface area contributed by atoms with Gasteiger partial charge in [0.05, 0.1) is 0 Å². The van der Waals surface area contributed by atoms with Gasteiger partial charge in [-0.2, -0.15) is 0 Å². The van der Waals surface area contributed by atoms with Crippen molar-refractivity contribution in [3.05, 3.63) is 76.0 Å². The van der Waals surface area contributed by atoms with Gasteiger partial charge in [0.2, 0.25) is 5.75 Å². The maximum Gasteiger partial charge on any atom is 0.294 e. The number of carbonyl (C=O) groups excluding carboxylic acids is 1. The Kier molecular flexibility index (Phi) is 5.55. The van der Waals surface area contributed by atoms with E-state index in [-0.39, 0.29) is 11.5 Å². The smallest absolute Gasteiger partial charge is 0.294 e. The maximum absolute atomic E-state index is 12.6. The fraction of sp³-hybridized carbons (Fsp3) is 0.158. The number of H-pyrrole nitrogens is 1. The largest absolute Gasteiger partial charge is 0.501 e. The first-order valence-electron chi connectivity index (χ1n) is 8.24. The number of alkyl halides is 1. The van der Waals surface area contributed by atoms with Crippen LogP contribution in [0.1, 0.15) is 21.6 Å². The minimum absolute atomic E-state index is 0.113. The van der Waals surface area contributed by atoms with Crippen LogP contribution in [0.15, 0.2) is 53.6 Å². The van der Waals surface area contributed by atoms with Crippen molar-refractivity contribution >= 4 is 5.91 Å². The Bertz CT molecular complexity index is 988. The second-order valence-electron chi connectivity index (χ2n) is 5.80. The lowest BCUT2D eigenvalue weighted by Crippen LogP contribution is -2.28. The Hall–Kier alpha value is -3.55. The molecule has 138 valence electrons. The number of benzene rings is 1. The molecule has 8 heteroatoms. The Morgan fingerprint density at radius 3 is 2.48 bits per heavy atom. The van der Waals surface area contributed by atoms with E-state index in [9.17, 15) is 19.1 Å². The van der Waals surface area contributed by atoms with E-state index in [4.69, 9.17) is 0 Å². The molecule has 0 saturated carbocycles. The molecule has 1 amide bonds. The summed E-state index contributed by atoms with van der Waals surface area (Å²) in [5, 5.41) is 12.5. The molecule has 0 saturated heterocycles. The summed E-state index contributed by atoms with van der Waals surface area (Å²) in [5.41, 5.74) is 0.776. The van der Waals surface area contributed by atoms with Crippen LogP contribution in [-0.4, -0.2) is 32.5 Å². The zero-order valence-electron chi connectivity index (χ0n) is 14.3. The molecular weight excluding hydrogens is 351 g/mol. The van der Waals surface area contributed by atoms with E-state index >= 15 is 0 Å². The van der Waals surface area contributed by atoms with Gasteiger partial charge in [0.25, 0.3) is 11.5 Å². The van der Waals surface area contributed by atoms with Crippen molar-refractivity contribution in [2.24, 2.45) is 0 Å². The van der Waals surface area contributed by atoms with E-state index in [1.165, 1.54) is 0 Å². The van der Waals surface area contributed by atoms with Crippen LogP contribution in [0.2, 0.25) is 0 Å². The summed E-state index contributed by atoms with van der Waals surface area (Å²) >= 11 is 0. The van der Waals surface area contributed by atoms with Crippen molar-refractivity contribution in [1.82, 2.24) is 20.3 Å². The molecule has 0 radical (unpaired) electrons. The molecule has 3 aromatic rings. The molecule has 0 bridgehead atoms. The first-order valence-corrected chi connectivity index (χ1v) is 8.24. The second kappa shape index (κ2) is 8.22. The van der Waals surface area contributed by atoms with Gasteiger partial charge in [0.1, 0.15) is 12.5 Å². The lowest BCUT2D eigenvalue weighted by molar-refractivity contribution is 0.0946. The van der Waals surface area contributed by atoms with Gasteiger partial charge in [-0.3, -0.25) is 14.6 Å². The van der Waals surface area contributed by atoms with E-state index in [1.54, 1.807) is 36.7 Å². The highest BCUT2D eigenvalue weighted by Crippen LogP contribution is 2.18. The molecule has 0 spiro atoms. The Morgan fingerprint density at radius 1 is 1.11 bits per heavy atom. The number of aromatic hydroxyl groups is 1. The predicted molar refractivity (Wildman–Crippen MR) is 97.0 cm³/mol. The van der Waals surface area contributed by atoms with Crippen molar-refractivity contribution in [1.29, 1.82) is 0 Å². The number of nitrogens with zero attached hydrogens (tertiary/aromatic N) is 2. The van der Waals surface area contributed by atoms with Crippen LogP contribution in [0.4, 0.5) is 4.39 Å². The molecule has 1 aromatic carbocycles. The minimum Gasteiger partial charge on any atom is -0.501 e. The standard InChI is InChI=1S/C19H17FN4O3/c20-11-13-1-3-14(4-2-13)17-23-15(16(25)19(27)24-17)18(26)22-10-7-12-5-8-21-9-6-12/h1-6,8-9,25H,7,10-11H2,(H,22,26)(H,23,24,27). The zero-order chi connectivity index (χ0) is 19.2. The molecule has 0 atom stereocenters. The zero-order valence-corrected chi connectivity index (χ0v) is 14.3. The number of hydrogen-bond donors (Lipinski definition) is 3. The Labute approximate surface area is 153 Å². The van der Waals surface area contributed by atoms with Gasteiger partial charge >= 0.3 is 0 Å². The molecular formula is C19H17FN4O3. The fourth-order valence-corrected chi connectivity index (χ4v) is 2.47. The van der Waals surface area contributed by atoms with Crippen LogP contribution < -0.4 is 10.9 Å². The number of carbonyl (C=O) groups is 1. The molecule has 0 fully saturated rings. The second-order valence-corrected chi connectivity index (χ2v) is 5.80. The van der Waals surface area contributed by atoms with Crippen LogP contribution in [0.5, 0.6) is 5.75 Å². The van der Waals surface area contributed by atoms with E-state index in [0.29, 0.717) is 24.1 Å². The highest BCUT2D eigenvalue weighted by molar-refractivity contribution is 5.95. The third-order valence-corrected chi connectivity index (χ3v) is 3.94. The molecule has 27 heavy (non-hydrogen) atoms. The molecule has 2 heterocycles. The summed E-state index contributed by atoms with van der Waals surface area (Å²) in [6.07, 6.45) is 3.87. The summed E-state index contributed by atoms with van der Waals surface area (Å²) in [7, 11) is 0. The summed E-state index contributed by atoms with van der Waals surface area (Å²) in [6.45, 7) is -0.303. The summed E-state index contributed by atoms with van der Waals surface area (Å²) < 4.78 is 12.6. The molecule has 0 aliphatic heterocycles. The van der Waals surface area contributed by atoms with Crippen molar-refractivity contribution in [2.75, 3.05) is 6.54 Å². The SMILES string of the molecule is O=C(NCCc1ccncc1)c1nc(-c2ccc(CF)cc2)[nH]c(=O)c1O. The van der Waals surface area contributed by atoms with Crippen LogP contribution in [0.25, 0.3) is 11.4 Å². The van der Waals surface area contributed by atoms with Gasteiger partial charge in [-0.05, 0) is 29.7 Å². The Balaban J connectivity index is 1.78. The number of aromatic amines is 1. The van der Waals surface area contributed by atoms with E-state index in [2.05, 4.69) is 20.3 Å². The lowest BCUT2D eigenvalue weighted by atomic mass is 10.1. The molecule has 0 aliphatic carbocycles. The van der Waals surface area contributed by atoms with Crippen LogP contribution in [-0.2, 0) is 13.1 Å². The number of aromatic nitrogens is 3. The molecule has 3 N–H and O–H groups in total. The van der Waals surface area contributed by atoms with Gasteiger partial charge in [0.15, 0.2) is 5.69 Å². The quantitative estimate of drug-likeness (QED) is 0.617. The summed E-state index contributed by atoms with van der Waals surface area (Å²) in [5.74, 6) is -1.29. The number of amides is 1. The normalized spacial score (nSPS) is 10.6. The van der Waals surface area contributed by atoms with Crippen molar-refractivity contribution in [2.45, 2.75) is 13.1 Å². The van der Waals surface area contributed by atoms with Crippen molar-refractivity contribution < 1.29 is 14.3 Å². The van der Waals surface area contributed by atoms with E-state index in [0.717, 1.165) is 5.56 Å². The summed E-state index contributed by atoms with van der Waals surface area (Å²) in [6, 6.07) is 9.92. The number of nitrogens with one attached hydrogen (secondary N) is 2. The maximum atomic E-state index is 12.6. The van der Waals surface area contributed by atoms with Crippen LogP contribution in [0, 0.1) is 0 Å². The highest BCUT2D eigenvalue weighted by Gasteiger charge is 2.18. The van der Waals surface area contributed by atoms with Gasteiger partial charge in [-0.15, -0.1) is 0 Å². The third kappa shape index (κ3) is 4.35. The number of hydrogen-bond acceptors (Lipinski definition) is 5. The minimum atomic E-state index is -0.825. The van der Waals surface area contributed by atoms with E-state index < -0.39 is 23.9 Å². The third-order valence-electron chi connectivity index (χ3n) is 3.94. The van der Waals surface area contributed by atoms with Crippen molar-refractivity contribution in [3.8, 4) is 17.1 Å². The molecule has 2 aromatic heterocycles. The van der Waals surface area contributed by atoms with E-state index in [1.807, 2.05) is 12.1 Å². The first kappa shape index (κ1) is 18.2. The fourth-order valence-electron chi connectivity index (χ4n) is 2.47. The number of pyridine rings is 1.